The smallest absolute Gasteiger partial charge is 0.272 e. The summed E-state index contributed by atoms with van der Waals surface area (Å²) >= 11 is 0. The number of rotatable bonds is 3. The Morgan fingerprint density at radius 1 is 1.06 bits per heavy atom. The van der Waals surface area contributed by atoms with Gasteiger partial charge in [-0.3, -0.25) is 15.2 Å². The monoisotopic (exact) mass is 244 g/mol. The van der Waals surface area contributed by atoms with E-state index in [1.807, 2.05) is 30.3 Å². The third-order valence-electron chi connectivity index (χ3n) is 2.53. The molecule has 0 radical (unpaired) electrons. The number of amides is 1. The van der Waals surface area contributed by atoms with Gasteiger partial charge in [0, 0.05) is 7.05 Å². The van der Waals surface area contributed by atoms with Crippen LogP contribution in [0.15, 0.2) is 54.6 Å². The molecule has 0 atom stereocenters. The van der Waals surface area contributed by atoms with Crippen molar-refractivity contribution < 1.29 is 9.18 Å². The molecule has 0 saturated heterocycles. The molecule has 0 aliphatic carbocycles. The maximum absolute atomic E-state index is 13.4. The van der Waals surface area contributed by atoms with E-state index >= 15 is 0 Å². The molecule has 0 spiro atoms. The first-order chi connectivity index (χ1) is 8.68. The summed E-state index contributed by atoms with van der Waals surface area (Å²) in [6.07, 6.45) is 0. The summed E-state index contributed by atoms with van der Waals surface area (Å²) in [5.74, 6) is -1.00. The van der Waals surface area contributed by atoms with Gasteiger partial charge in [-0.05, 0) is 24.3 Å². The van der Waals surface area contributed by atoms with Crippen LogP contribution in [-0.2, 0) is 0 Å². The molecule has 2 aromatic carbocycles. The van der Waals surface area contributed by atoms with Gasteiger partial charge in [0.15, 0.2) is 0 Å². The molecule has 4 heteroatoms. The quantitative estimate of drug-likeness (QED) is 0.842. The largest absolute Gasteiger partial charge is 0.288 e. The van der Waals surface area contributed by atoms with Crippen LogP contribution in [0.2, 0.25) is 0 Å². The van der Waals surface area contributed by atoms with Gasteiger partial charge in [-0.15, -0.1) is 0 Å². The van der Waals surface area contributed by atoms with E-state index in [1.54, 1.807) is 24.2 Å². The Hall–Kier alpha value is -2.36. The van der Waals surface area contributed by atoms with Gasteiger partial charge < -0.3 is 0 Å². The average Bonchev–Trinajstić information content (AvgIpc) is 2.40. The Kier molecular flexibility index (Phi) is 3.57. The Morgan fingerprint density at radius 2 is 1.67 bits per heavy atom. The molecule has 18 heavy (non-hydrogen) atoms. The molecule has 0 heterocycles. The van der Waals surface area contributed by atoms with Crippen LogP contribution in [-0.4, -0.2) is 13.0 Å². The lowest BCUT2D eigenvalue weighted by molar-refractivity contribution is 0.0947. The van der Waals surface area contributed by atoms with Crippen molar-refractivity contribution in [2.75, 3.05) is 12.1 Å². The lowest BCUT2D eigenvalue weighted by atomic mass is 10.2. The molecule has 2 rings (SSSR count). The Balaban J connectivity index is 2.11. The highest BCUT2D eigenvalue weighted by Crippen LogP contribution is 2.10. The number of benzene rings is 2. The lowest BCUT2D eigenvalue weighted by Crippen LogP contribution is -2.39. The summed E-state index contributed by atoms with van der Waals surface area (Å²) in [6.45, 7) is 0. The molecule has 1 amide bonds. The number of nitrogens with zero attached hydrogens (tertiary/aromatic N) is 1. The van der Waals surface area contributed by atoms with Crippen molar-refractivity contribution in [2.24, 2.45) is 0 Å². The molecule has 0 bridgehead atoms. The number of carbonyl (C=O) groups is 1. The van der Waals surface area contributed by atoms with Crippen molar-refractivity contribution >= 4 is 11.6 Å². The second-order valence-electron chi connectivity index (χ2n) is 3.82. The fraction of sp³-hybridized carbons (Fsp3) is 0.0714. The summed E-state index contributed by atoms with van der Waals surface area (Å²) in [4.78, 5) is 11.9. The number of para-hydroxylation sites is 1. The van der Waals surface area contributed by atoms with Gasteiger partial charge in [-0.2, -0.15) is 0 Å². The van der Waals surface area contributed by atoms with Crippen molar-refractivity contribution in [3.63, 3.8) is 0 Å². The Morgan fingerprint density at radius 3 is 2.33 bits per heavy atom. The lowest BCUT2D eigenvalue weighted by Gasteiger charge is -2.20. The second kappa shape index (κ2) is 5.31. The van der Waals surface area contributed by atoms with E-state index in [0.717, 1.165) is 5.69 Å². The molecule has 1 N–H and O–H groups in total. The van der Waals surface area contributed by atoms with Gasteiger partial charge >= 0.3 is 0 Å². The number of halogens is 1. The van der Waals surface area contributed by atoms with Crippen molar-refractivity contribution in [3.8, 4) is 0 Å². The number of hydrogen-bond acceptors (Lipinski definition) is 2. The fourth-order valence-corrected chi connectivity index (χ4v) is 1.57. The average molecular weight is 244 g/mol. The number of anilines is 1. The molecular weight excluding hydrogens is 231 g/mol. The van der Waals surface area contributed by atoms with Crippen molar-refractivity contribution in [3.05, 3.63) is 66.0 Å². The predicted molar refractivity (Wildman–Crippen MR) is 68.7 cm³/mol. The van der Waals surface area contributed by atoms with Gasteiger partial charge in [0.2, 0.25) is 0 Å². The van der Waals surface area contributed by atoms with Gasteiger partial charge in [0.1, 0.15) is 5.82 Å². The molecular formula is C14H13FN2O. The highest BCUT2D eigenvalue weighted by molar-refractivity contribution is 5.95. The molecule has 0 aromatic heterocycles. The normalized spacial score (nSPS) is 9.89. The van der Waals surface area contributed by atoms with E-state index in [1.165, 1.54) is 12.1 Å². The SMILES string of the molecule is CN(NC(=O)c1ccccc1F)c1ccccc1. The van der Waals surface area contributed by atoms with Crippen LogP contribution in [0.5, 0.6) is 0 Å². The van der Waals surface area contributed by atoms with E-state index in [2.05, 4.69) is 5.43 Å². The van der Waals surface area contributed by atoms with Crippen LogP contribution in [0.25, 0.3) is 0 Å². The van der Waals surface area contributed by atoms with Crippen LogP contribution in [0.4, 0.5) is 10.1 Å². The predicted octanol–water partition coefficient (Wildman–Crippen LogP) is 2.61. The number of hydrogen-bond donors (Lipinski definition) is 1. The van der Waals surface area contributed by atoms with Gasteiger partial charge in [0.25, 0.3) is 5.91 Å². The minimum absolute atomic E-state index is 0.0280. The summed E-state index contributed by atoms with van der Waals surface area (Å²) in [5.41, 5.74) is 3.46. The first-order valence-electron chi connectivity index (χ1n) is 5.53. The van der Waals surface area contributed by atoms with E-state index in [9.17, 15) is 9.18 Å². The molecule has 0 aliphatic heterocycles. The summed E-state index contributed by atoms with van der Waals surface area (Å²) in [6, 6.07) is 15.2. The van der Waals surface area contributed by atoms with Crippen LogP contribution < -0.4 is 10.4 Å². The standard InChI is InChI=1S/C14H13FN2O/c1-17(11-7-3-2-4-8-11)16-14(18)12-9-5-6-10-13(12)15/h2-10H,1H3,(H,16,18). The summed E-state index contributed by atoms with van der Waals surface area (Å²) in [7, 11) is 1.70. The fourth-order valence-electron chi connectivity index (χ4n) is 1.57. The number of carbonyl (C=O) groups excluding carboxylic acids is 1. The zero-order chi connectivity index (χ0) is 13.0. The highest BCUT2D eigenvalue weighted by atomic mass is 19.1. The van der Waals surface area contributed by atoms with Crippen molar-refractivity contribution in [1.29, 1.82) is 0 Å². The molecule has 0 saturated carbocycles. The molecule has 3 nitrogen and oxygen atoms in total. The van der Waals surface area contributed by atoms with E-state index in [0.29, 0.717) is 0 Å². The first kappa shape index (κ1) is 12.1. The topological polar surface area (TPSA) is 32.3 Å². The van der Waals surface area contributed by atoms with Gasteiger partial charge in [-0.25, -0.2) is 4.39 Å². The molecule has 92 valence electrons. The van der Waals surface area contributed by atoms with Crippen molar-refractivity contribution in [1.82, 2.24) is 5.43 Å². The summed E-state index contributed by atoms with van der Waals surface area (Å²) < 4.78 is 13.4. The third kappa shape index (κ3) is 2.66. The third-order valence-corrected chi connectivity index (χ3v) is 2.53. The van der Waals surface area contributed by atoms with Gasteiger partial charge in [0.05, 0.1) is 11.3 Å². The minimum atomic E-state index is -0.531. The van der Waals surface area contributed by atoms with Crippen LogP contribution in [0.3, 0.4) is 0 Å². The molecule has 2 aromatic rings. The van der Waals surface area contributed by atoms with Crippen LogP contribution in [0.1, 0.15) is 10.4 Å². The Bertz CT molecular complexity index is 543. The molecule has 0 fully saturated rings. The maximum atomic E-state index is 13.4. The number of hydrazine groups is 1. The minimum Gasteiger partial charge on any atom is -0.288 e. The van der Waals surface area contributed by atoms with Crippen molar-refractivity contribution in [2.45, 2.75) is 0 Å². The van der Waals surface area contributed by atoms with Gasteiger partial charge in [-0.1, -0.05) is 30.3 Å². The zero-order valence-electron chi connectivity index (χ0n) is 9.93. The molecule has 0 unspecified atom stereocenters. The highest BCUT2D eigenvalue weighted by Gasteiger charge is 2.12. The first-order valence-corrected chi connectivity index (χ1v) is 5.53. The zero-order valence-corrected chi connectivity index (χ0v) is 9.93. The maximum Gasteiger partial charge on any atom is 0.272 e. The summed E-state index contributed by atoms with van der Waals surface area (Å²) in [5, 5.41) is 1.55. The van der Waals surface area contributed by atoms with Crippen LogP contribution in [0, 0.1) is 5.82 Å². The van der Waals surface area contributed by atoms with E-state index < -0.39 is 11.7 Å². The number of nitrogens with one attached hydrogen (secondary N) is 1. The second-order valence-corrected chi connectivity index (χ2v) is 3.82. The van der Waals surface area contributed by atoms with Crippen LogP contribution >= 0.6 is 0 Å². The Labute approximate surface area is 105 Å². The van der Waals surface area contributed by atoms with E-state index in [4.69, 9.17) is 0 Å². The molecule has 0 aliphatic rings. The van der Waals surface area contributed by atoms with E-state index in [-0.39, 0.29) is 5.56 Å².